The first-order chi connectivity index (χ1) is 14.2. The fraction of sp³-hybridized carbons (Fsp3) is 0.963. The van der Waals surface area contributed by atoms with Crippen LogP contribution in [0, 0.1) is 52.3 Å². The minimum Gasteiger partial charge on any atom is -0.393 e. The van der Waals surface area contributed by atoms with Gasteiger partial charge in [-0.2, -0.15) is 0 Å². The number of aliphatic hydroxyl groups is 1. The largest absolute Gasteiger partial charge is 0.393 e. The molecule has 0 radical (unpaired) electrons. The molecule has 3 saturated carbocycles. The zero-order chi connectivity index (χ0) is 21.7. The first-order valence-corrected chi connectivity index (χ1v) is 13.1. The monoisotopic (exact) mass is 417 g/mol. The Morgan fingerprint density at radius 2 is 1.73 bits per heavy atom. The molecule has 2 N–H and O–H groups in total. The van der Waals surface area contributed by atoms with Gasteiger partial charge in [0.2, 0.25) is 5.91 Å². The zero-order valence-electron chi connectivity index (χ0n) is 20.3. The summed E-state index contributed by atoms with van der Waals surface area (Å²) < 4.78 is 0. The van der Waals surface area contributed by atoms with E-state index in [-0.39, 0.29) is 23.3 Å². The maximum atomic E-state index is 12.1. The van der Waals surface area contributed by atoms with E-state index in [9.17, 15) is 9.90 Å². The van der Waals surface area contributed by atoms with Gasteiger partial charge >= 0.3 is 0 Å². The average molecular weight is 418 g/mol. The van der Waals surface area contributed by atoms with E-state index in [0.717, 1.165) is 36.5 Å². The Morgan fingerprint density at radius 3 is 2.47 bits per heavy atom. The maximum Gasteiger partial charge on any atom is 0.220 e. The Balaban J connectivity index is 1.51. The molecule has 9 atom stereocenters. The topological polar surface area (TPSA) is 49.3 Å². The molecule has 4 rings (SSSR count). The van der Waals surface area contributed by atoms with Crippen LogP contribution in [-0.2, 0) is 4.79 Å². The molecule has 0 aromatic rings. The number of amides is 1. The lowest BCUT2D eigenvalue weighted by Gasteiger charge is -2.60. The van der Waals surface area contributed by atoms with E-state index < -0.39 is 0 Å². The molecule has 1 amide bonds. The van der Waals surface area contributed by atoms with Crippen molar-refractivity contribution in [3.05, 3.63) is 0 Å². The first-order valence-electron chi connectivity index (χ1n) is 13.1. The molecule has 3 aliphatic carbocycles. The van der Waals surface area contributed by atoms with Crippen LogP contribution in [0.1, 0.15) is 98.8 Å². The van der Waals surface area contributed by atoms with Gasteiger partial charge in [-0.05, 0) is 84.9 Å². The van der Waals surface area contributed by atoms with Crippen molar-refractivity contribution in [1.82, 2.24) is 5.32 Å². The van der Waals surface area contributed by atoms with Gasteiger partial charge in [-0.25, -0.2) is 0 Å². The molecule has 0 aromatic carbocycles. The van der Waals surface area contributed by atoms with Gasteiger partial charge in [0.25, 0.3) is 0 Å². The summed E-state index contributed by atoms with van der Waals surface area (Å²) in [7, 11) is 0. The maximum absolute atomic E-state index is 12.1. The van der Waals surface area contributed by atoms with Crippen LogP contribution in [-0.4, -0.2) is 23.7 Å². The van der Waals surface area contributed by atoms with Gasteiger partial charge < -0.3 is 10.4 Å². The third-order valence-corrected chi connectivity index (χ3v) is 10.7. The highest BCUT2D eigenvalue weighted by Gasteiger charge is 2.61. The van der Waals surface area contributed by atoms with Crippen LogP contribution in [0.3, 0.4) is 0 Å². The average Bonchev–Trinajstić information content (AvgIpc) is 2.94. The number of carbonyl (C=O) groups is 1. The molecule has 3 heteroatoms. The Hall–Kier alpha value is -0.570. The minimum absolute atomic E-state index is 0.115. The van der Waals surface area contributed by atoms with Crippen LogP contribution < -0.4 is 5.32 Å². The Labute approximate surface area is 185 Å². The number of hydrogen-bond acceptors (Lipinski definition) is 2. The summed E-state index contributed by atoms with van der Waals surface area (Å²) >= 11 is 0. The zero-order valence-corrected chi connectivity index (χ0v) is 20.3. The van der Waals surface area contributed by atoms with E-state index in [0.29, 0.717) is 30.2 Å². The smallest absolute Gasteiger partial charge is 0.220 e. The summed E-state index contributed by atoms with van der Waals surface area (Å²) in [5.74, 6) is 5.04. The molecule has 4 fully saturated rings. The van der Waals surface area contributed by atoms with Gasteiger partial charge in [0, 0.05) is 18.9 Å². The van der Waals surface area contributed by atoms with Gasteiger partial charge in [0.15, 0.2) is 0 Å². The molecular weight excluding hydrogens is 370 g/mol. The number of rotatable bonds is 5. The normalized spacial score (nSPS) is 47.1. The van der Waals surface area contributed by atoms with E-state index in [4.69, 9.17) is 0 Å². The number of carbonyl (C=O) groups excluding carboxylic acids is 1. The number of hydrogen-bond donors (Lipinski definition) is 2. The fourth-order valence-corrected chi connectivity index (χ4v) is 9.05. The Kier molecular flexibility index (Phi) is 6.34. The predicted molar refractivity (Wildman–Crippen MR) is 123 cm³/mol. The minimum atomic E-state index is -0.250. The molecule has 1 aliphatic heterocycles. The SMILES string of the molecule is CC(C)CCC[C@@H](C)[C@H]1CC[C@H]2[C@@H]3C[C@@H](O)C4CNC(=O)CC[C@]4(C)[C@H]3CC[C@]12C. The van der Waals surface area contributed by atoms with Crippen LogP contribution in [0.5, 0.6) is 0 Å². The van der Waals surface area contributed by atoms with Crippen molar-refractivity contribution in [2.75, 3.05) is 6.54 Å². The number of aliphatic hydroxyl groups excluding tert-OH is 1. The van der Waals surface area contributed by atoms with E-state index >= 15 is 0 Å². The van der Waals surface area contributed by atoms with Crippen LogP contribution >= 0.6 is 0 Å². The quantitative estimate of drug-likeness (QED) is 0.593. The molecule has 0 aromatic heterocycles. The van der Waals surface area contributed by atoms with E-state index in [1.54, 1.807) is 0 Å². The molecule has 1 saturated heterocycles. The van der Waals surface area contributed by atoms with Crippen molar-refractivity contribution in [3.8, 4) is 0 Å². The highest BCUT2D eigenvalue weighted by atomic mass is 16.3. The third-order valence-electron chi connectivity index (χ3n) is 10.7. The van der Waals surface area contributed by atoms with E-state index in [1.165, 1.54) is 44.9 Å². The second-order valence-corrected chi connectivity index (χ2v) is 12.6. The summed E-state index contributed by atoms with van der Waals surface area (Å²) in [5.41, 5.74) is 0.573. The van der Waals surface area contributed by atoms with Crippen molar-refractivity contribution >= 4 is 5.91 Å². The molecule has 1 unspecified atom stereocenters. The standard InChI is InChI=1S/C27H47NO2/c1-17(2)7-6-8-18(3)20-9-10-21-19-15-24(29)23-16-28-25(30)12-14-27(23,5)22(19)11-13-26(20,21)4/h17-24,29H,6-16H2,1-5H3,(H,28,30)/t18-,19+,20-,21+,22+,23?,24-,26-,27-/m1/s1. The van der Waals surface area contributed by atoms with Gasteiger partial charge in [-0.1, -0.05) is 53.9 Å². The van der Waals surface area contributed by atoms with Crippen LogP contribution in [0.15, 0.2) is 0 Å². The van der Waals surface area contributed by atoms with Gasteiger partial charge in [-0.15, -0.1) is 0 Å². The second kappa shape index (κ2) is 8.41. The number of nitrogens with one attached hydrogen (secondary N) is 1. The molecule has 4 aliphatic rings. The van der Waals surface area contributed by atoms with Crippen LogP contribution in [0.4, 0.5) is 0 Å². The summed E-state index contributed by atoms with van der Waals surface area (Å²) in [6.07, 6.45) is 11.9. The summed E-state index contributed by atoms with van der Waals surface area (Å²) in [5, 5.41) is 14.3. The van der Waals surface area contributed by atoms with Crippen molar-refractivity contribution in [2.24, 2.45) is 52.3 Å². The molecule has 0 spiro atoms. The van der Waals surface area contributed by atoms with Crippen molar-refractivity contribution in [1.29, 1.82) is 0 Å². The van der Waals surface area contributed by atoms with E-state index in [2.05, 4.69) is 39.9 Å². The lowest BCUT2D eigenvalue weighted by Crippen LogP contribution is -2.57. The van der Waals surface area contributed by atoms with Gasteiger partial charge in [0.05, 0.1) is 6.10 Å². The highest BCUT2D eigenvalue weighted by molar-refractivity contribution is 5.76. The lowest BCUT2D eigenvalue weighted by atomic mass is 9.45. The molecule has 1 heterocycles. The predicted octanol–water partition coefficient (Wildman–Crippen LogP) is 5.80. The highest BCUT2D eigenvalue weighted by Crippen LogP contribution is 2.67. The Bertz CT molecular complexity index is 632. The molecule has 3 nitrogen and oxygen atoms in total. The first kappa shape index (κ1) is 22.6. The number of fused-ring (bicyclic) bond motifs is 5. The molecule has 30 heavy (non-hydrogen) atoms. The summed E-state index contributed by atoms with van der Waals surface area (Å²) in [6.45, 7) is 12.9. The van der Waals surface area contributed by atoms with Crippen molar-refractivity contribution < 1.29 is 9.90 Å². The third kappa shape index (κ3) is 3.76. The summed E-state index contributed by atoms with van der Waals surface area (Å²) in [4.78, 5) is 12.1. The van der Waals surface area contributed by atoms with Crippen molar-refractivity contribution in [2.45, 2.75) is 105 Å². The Morgan fingerprint density at radius 1 is 1.00 bits per heavy atom. The lowest BCUT2D eigenvalue weighted by molar-refractivity contribution is -0.144. The second-order valence-electron chi connectivity index (χ2n) is 12.6. The molecular formula is C27H47NO2. The van der Waals surface area contributed by atoms with Crippen LogP contribution in [0.2, 0.25) is 0 Å². The van der Waals surface area contributed by atoms with Gasteiger partial charge in [-0.3, -0.25) is 4.79 Å². The summed E-state index contributed by atoms with van der Waals surface area (Å²) in [6, 6.07) is 0. The fourth-order valence-electron chi connectivity index (χ4n) is 9.05. The molecule has 172 valence electrons. The van der Waals surface area contributed by atoms with Gasteiger partial charge in [0.1, 0.15) is 0 Å². The van der Waals surface area contributed by atoms with Crippen molar-refractivity contribution in [3.63, 3.8) is 0 Å². The van der Waals surface area contributed by atoms with Crippen LogP contribution in [0.25, 0.3) is 0 Å². The van der Waals surface area contributed by atoms with E-state index in [1.807, 2.05) is 0 Å². The molecule has 0 bridgehead atoms.